The molecule has 0 amide bonds. The first-order valence-electron chi connectivity index (χ1n) is 8.61. The van der Waals surface area contributed by atoms with Crippen molar-refractivity contribution in [1.29, 1.82) is 0 Å². The van der Waals surface area contributed by atoms with Gasteiger partial charge in [-0.25, -0.2) is 9.98 Å². The first-order chi connectivity index (χ1) is 11.7. The molecule has 0 unspecified atom stereocenters. The summed E-state index contributed by atoms with van der Waals surface area (Å²) in [6.45, 7) is 5.00. The smallest absolute Gasteiger partial charge is 0.213 e. The molecule has 24 heavy (non-hydrogen) atoms. The van der Waals surface area contributed by atoms with Gasteiger partial charge in [-0.1, -0.05) is 24.3 Å². The van der Waals surface area contributed by atoms with E-state index >= 15 is 0 Å². The summed E-state index contributed by atoms with van der Waals surface area (Å²) in [5.41, 5.74) is 4.63. The van der Waals surface area contributed by atoms with E-state index in [1.54, 1.807) is 0 Å². The Morgan fingerprint density at radius 2 is 2.04 bits per heavy atom. The van der Waals surface area contributed by atoms with Crippen molar-refractivity contribution in [3.05, 3.63) is 53.2 Å². The number of benzene rings is 1. The molecule has 1 aromatic carbocycles. The Morgan fingerprint density at radius 1 is 1.25 bits per heavy atom. The van der Waals surface area contributed by atoms with Crippen LogP contribution < -0.4 is 4.74 Å². The summed E-state index contributed by atoms with van der Waals surface area (Å²) in [6, 6.07) is 12.5. The van der Waals surface area contributed by atoms with Crippen LogP contribution in [0.5, 0.6) is 5.88 Å². The molecule has 4 heteroatoms. The van der Waals surface area contributed by atoms with Crippen molar-refractivity contribution in [1.82, 2.24) is 9.88 Å². The Morgan fingerprint density at radius 3 is 2.79 bits per heavy atom. The van der Waals surface area contributed by atoms with Gasteiger partial charge in [-0.2, -0.15) is 0 Å². The lowest BCUT2D eigenvalue weighted by molar-refractivity contribution is 0.177. The topological polar surface area (TPSA) is 37.7 Å². The van der Waals surface area contributed by atoms with Crippen LogP contribution in [0.25, 0.3) is 0 Å². The third-order valence-electron chi connectivity index (χ3n) is 4.51. The number of hydrogen-bond acceptors (Lipinski definition) is 3. The molecule has 0 saturated carbocycles. The minimum Gasteiger partial charge on any atom is -0.474 e. The molecule has 0 bridgehead atoms. The molecule has 2 aromatic rings. The summed E-state index contributed by atoms with van der Waals surface area (Å²) in [7, 11) is 2.00. The molecule has 4 nitrogen and oxygen atoms in total. The van der Waals surface area contributed by atoms with E-state index in [0.29, 0.717) is 5.88 Å². The predicted molar refractivity (Wildman–Crippen MR) is 98.3 cm³/mol. The van der Waals surface area contributed by atoms with Crippen LogP contribution in [0.3, 0.4) is 0 Å². The quantitative estimate of drug-likeness (QED) is 0.618. The third kappa shape index (κ3) is 3.94. The first-order valence-corrected chi connectivity index (χ1v) is 8.61. The Balaban J connectivity index is 1.66. The van der Waals surface area contributed by atoms with Crippen molar-refractivity contribution < 1.29 is 4.74 Å². The van der Waals surface area contributed by atoms with Crippen molar-refractivity contribution in [3.63, 3.8) is 0 Å². The fourth-order valence-corrected chi connectivity index (χ4v) is 2.91. The summed E-state index contributed by atoms with van der Waals surface area (Å²) in [4.78, 5) is 11.1. The maximum atomic E-state index is 6.12. The van der Waals surface area contributed by atoms with Crippen molar-refractivity contribution in [2.24, 2.45) is 4.99 Å². The number of aromatic nitrogens is 1. The van der Waals surface area contributed by atoms with Crippen LogP contribution in [0.1, 0.15) is 30.2 Å². The van der Waals surface area contributed by atoms with Crippen LogP contribution in [0, 0.1) is 6.92 Å². The summed E-state index contributed by atoms with van der Waals surface area (Å²) in [6.07, 6.45) is 5.11. The molecule has 3 rings (SSSR count). The van der Waals surface area contributed by atoms with Gasteiger partial charge in [-0.15, -0.1) is 0 Å². The van der Waals surface area contributed by atoms with Crippen LogP contribution in [0.15, 0.2) is 41.4 Å². The van der Waals surface area contributed by atoms with Gasteiger partial charge in [0.2, 0.25) is 5.88 Å². The monoisotopic (exact) mass is 323 g/mol. The average molecular weight is 323 g/mol. The van der Waals surface area contributed by atoms with E-state index < -0.39 is 0 Å². The lowest BCUT2D eigenvalue weighted by atomic mass is 9.90. The molecule has 0 spiro atoms. The Kier molecular flexibility index (Phi) is 5.14. The Hall–Kier alpha value is -2.36. The lowest BCUT2D eigenvalue weighted by Crippen LogP contribution is -2.25. The summed E-state index contributed by atoms with van der Waals surface area (Å²) in [5.74, 6) is 0.694. The number of hydrogen-bond donors (Lipinski definition) is 0. The fourth-order valence-electron chi connectivity index (χ4n) is 2.91. The Labute approximate surface area is 144 Å². The number of pyridine rings is 1. The standard InChI is InChI=1S/C20H25N3O/c1-4-23(3)14-21-19-11-12-20(22-15(19)2)24-18-10-9-16-7-5-6-8-17(16)13-18/h5-8,11-12,14,18H,4,9-10,13H2,1-3H3/t18-/m1/s1. The third-order valence-corrected chi connectivity index (χ3v) is 4.51. The van der Waals surface area contributed by atoms with Gasteiger partial charge in [0.1, 0.15) is 6.10 Å². The van der Waals surface area contributed by atoms with E-state index in [9.17, 15) is 0 Å². The van der Waals surface area contributed by atoms with Gasteiger partial charge >= 0.3 is 0 Å². The number of rotatable bonds is 5. The molecule has 0 saturated heterocycles. The van der Waals surface area contributed by atoms with Crippen LogP contribution in [0.4, 0.5) is 5.69 Å². The van der Waals surface area contributed by atoms with E-state index in [2.05, 4.69) is 41.2 Å². The molecule has 126 valence electrons. The van der Waals surface area contributed by atoms with Crippen molar-refractivity contribution in [2.45, 2.75) is 39.2 Å². The second-order valence-electron chi connectivity index (χ2n) is 6.32. The minimum absolute atomic E-state index is 0.201. The van der Waals surface area contributed by atoms with Gasteiger partial charge in [0.05, 0.1) is 17.7 Å². The van der Waals surface area contributed by atoms with Gasteiger partial charge in [-0.05, 0) is 43.9 Å². The average Bonchev–Trinajstić information content (AvgIpc) is 2.60. The van der Waals surface area contributed by atoms with Crippen LogP contribution in [0.2, 0.25) is 0 Å². The highest BCUT2D eigenvalue weighted by atomic mass is 16.5. The van der Waals surface area contributed by atoms with E-state index in [-0.39, 0.29) is 6.10 Å². The second kappa shape index (κ2) is 7.47. The minimum atomic E-state index is 0.201. The maximum absolute atomic E-state index is 6.12. The molecule has 0 N–H and O–H groups in total. The Bertz CT molecular complexity index is 727. The highest BCUT2D eigenvalue weighted by Gasteiger charge is 2.20. The lowest BCUT2D eigenvalue weighted by Gasteiger charge is -2.25. The molecular weight excluding hydrogens is 298 g/mol. The van der Waals surface area contributed by atoms with E-state index in [0.717, 1.165) is 37.2 Å². The van der Waals surface area contributed by atoms with E-state index in [4.69, 9.17) is 4.74 Å². The molecule has 1 atom stereocenters. The number of nitrogens with zero attached hydrogens (tertiary/aromatic N) is 3. The molecule has 1 heterocycles. The molecule has 1 aromatic heterocycles. The molecule has 1 aliphatic carbocycles. The number of aryl methyl sites for hydroxylation is 2. The normalized spacial score (nSPS) is 16.9. The molecule has 0 aliphatic heterocycles. The zero-order chi connectivity index (χ0) is 16.9. The van der Waals surface area contributed by atoms with Gasteiger partial charge < -0.3 is 9.64 Å². The number of fused-ring (bicyclic) bond motifs is 1. The molecule has 1 aliphatic rings. The first kappa shape index (κ1) is 16.5. The molecule has 0 radical (unpaired) electrons. The zero-order valence-electron chi connectivity index (χ0n) is 14.7. The summed E-state index contributed by atoms with van der Waals surface area (Å²) in [5, 5.41) is 0. The largest absolute Gasteiger partial charge is 0.474 e. The summed E-state index contributed by atoms with van der Waals surface area (Å²) >= 11 is 0. The van der Waals surface area contributed by atoms with E-state index in [1.807, 2.05) is 37.3 Å². The van der Waals surface area contributed by atoms with Crippen molar-refractivity contribution in [2.75, 3.05) is 13.6 Å². The highest BCUT2D eigenvalue weighted by molar-refractivity contribution is 5.62. The summed E-state index contributed by atoms with van der Waals surface area (Å²) < 4.78 is 6.12. The molecular formula is C20H25N3O. The SMILES string of the molecule is CCN(C)C=Nc1ccc(O[C@@H]2CCc3ccccc3C2)nc1C. The highest BCUT2D eigenvalue weighted by Crippen LogP contribution is 2.26. The van der Waals surface area contributed by atoms with Crippen LogP contribution >= 0.6 is 0 Å². The van der Waals surface area contributed by atoms with E-state index in [1.165, 1.54) is 11.1 Å². The number of ether oxygens (including phenoxy) is 1. The van der Waals surface area contributed by atoms with Crippen molar-refractivity contribution >= 4 is 12.0 Å². The van der Waals surface area contributed by atoms with Gasteiger partial charge in [0, 0.05) is 26.1 Å². The van der Waals surface area contributed by atoms with Gasteiger partial charge in [0.25, 0.3) is 0 Å². The van der Waals surface area contributed by atoms with Gasteiger partial charge in [0.15, 0.2) is 0 Å². The predicted octanol–water partition coefficient (Wildman–Crippen LogP) is 3.94. The van der Waals surface area contributed by atoms with Crippen molar-refractivity contribution in [3.8, 4) is 5.88 Å². The van der Waals surface area contributed by atoms with Gasteiger partial charge in [-0.3, -0.25) is 0 Å². The van der Waals surface area contributed by atoms with Crippen LogP contribution in [-0.4, -0.2) is 35.9 Å². The fraction of sp³-hybridized carbons (Fsp3) is 0.400. The second-order valence-corrected chi connectivity index (χ2v) is 6.32. The van der Waals surface area contributed by atoms with Crippen LogP contribution in [-0.2, 0) is 12.8 Å². The number of aliphatic imine (C=N–C) groups is 1. The maximum Gasteiger partial charge on any atom is 0.213 e. The zero-order valence-corrected chi connectivity index (χ0v) is 14.7. The molecule has 0 fully saturated rings.